The minimum absolute atomic E-state index is 0.201. The fourth-order valence-electron chi connectivity index (χ4n) is 3.17. The van der Waals surface area contributed by atoms with Gasteiger partial charge in [-0.3, -0.25) is 0 Å². The molecule has 0 spiro atoms. The van der Waals surface area contributed by atoms with E-state index in [-0.39, 0.29) is 17.7 Å². The number of carboxylic acids is 1. The number of aromatic carboxylic acids is 1. The molecule has 6 nitrogen and oxygen atoms in total. The first-order chi connectivity index (χ1) is 12.2. The molecule has 1 saturated heterocycles. The second-order valence-electron chi connectivity index (χ2n) is 7.77. The summed E-state index contributed by atoms with van der Waals surface area (Å²) in [7, 11) is 0. The number of nitrogens with zero attached hydrogens (tertiary/aromatic N) is 2. The second-order valence-corrected chi connectivity index (χ2v) is 7.77. The van der Waals surface area contributed by atoms with Gasteiger partial charge in [-0.2, -0.15) is 0 Å². The molecule has 1 heterocycles. The Bertz CT molecular complexity index is 622. The van der Waals surface area contributed by atoms with E-state index in [1.54, 1.807) is 17.0 Å². The van der Waals surface area contributed by atoms with Gasteiger partial charge in [0.25, 0.3) is 0 Å². The van der Waals surface area contributed by atoms with E-state index < -0.39 is 11.6 Å². The van der Waals surface area contributed by atoms with Crippen LogP contribution in [0.1, 0.15) is 57.3 Å². The van der Waals surface area contributed by atoms with E-state index in [2.05, 4.69) is 11.8 Å². The highest BCUT2D eigenvalue weighted by atomic mass is 16.6. The minimum atomic E-state index is -0.922. The molecule has 1 aromatic rings. The molecule has 144 valence electrons. The molecule has 1 atom stereocenters. The molecule has 0 aromatic heterocycles. The first-order valence-corrected chi connectivity index (χ1v) is 9.29. The van der Waals surface area contributed by atoms with Gasteiger partial charge in [0.2, 0.25) is 0 Å². The Morgan fingerprint density at radius 2 is 1.85 bits per heavy atom. The molecule has 1 aromatic carbocycles. The topological polar surface area (TPSA) is 70.1 Å². The van der Waals surface area contributed by atoms with Crippen LogP contribution < -0.4 is 4.90 Å². The number of benzene rings is 1. The van der Waals surface area contributed by atoms with Crippen LogP contribution in [0.3, 0.4) is 0 Å². The predicted octanol–water partition coefficient (Wildman–Crippen LogP) is 4.00. The molecule has 6 heteroatoms. The number of ether oxygens (including phenoxy) is 1. The van der Waals surface area contributed by atoms with Crippen LogP contribution in [0.25, 0.3) is 0 Å². The van der Waals surface area contributed by atoms with Gasteiger partial charge in [-0.25, -0.2) is 9.59 Å². The maximum atomic E-state index is 12.4. The van der Waals surface area contributed by atoms with Gasteiger partial charge in [-0.05, 0) is 51.5 Å². The normalized spacial score (nSPS) is 17.9. The Morgan fingerprint density at radius 3 is 2.38 bits per heavy atom. The van der Waals surface area contributed by atoms with Crippen LogP contribution in [0.4, 0.5) is 10.5 Å². The van der Waals surface area contributed by atoms with E-state index in [9.17, 15) is 9.59 Å². The summed E-state index contributed by atoms with van der Waals surface area (Å²) in [5, 5.41) is 9.07. The lowest BCUT2D eigenvalue weighted by Crippen LogP contribution is -2.55. The van der Waals surface area contributed by atoms with Gasteiger partial charge in [0.15, 0.2) is 0 Å². The largest absolute Gasteiger partial charge is 0.478 e. The van der Waals surface area contributed by atoms with Crippen molar-refractivity contribution in [3.8, 4) is 0 Å². The van der Waals surface area contributed by atoms with Crippen LogP contribution in [0.2, 0.25) is 0 Å². The van der Waals surface area contributed by atoms with E-state index in [0.29, 0.717) is 19.6 Å². The zero-order valence-electron chi connectivity index (χ0n) is 16.2. The van der Waals surface area contributed by atoms with Crippen molar-refractivity contribution < 1.29 is 19.4 Å². The predicted molar refractivity (Wildman–Crippen MR) is 102 cm³/mol. The highest BCUT2D eigenvalue weighted by Gasteiger charge is 2.31. The summed E-state index contributed by atoms with van der Waals surface area (Å²) in [6, 6.07) is 7.17. The first-order valence-electron chi connectivity index (χ1n) is 9.29. The van der Waals surface area contributed by atoms with E-state index in [1.165, 1.54) is 0 Å². The zero-order valence-corrected chi connectivity index (χ0v) is 16.2. The Kier molecular flexibility index (Phi) is 6.51. The smallest absolute Gasteiger partial charge is 0.410 e. The number of carbonyl (C=O) groups excluding carboxylic acids is 1. The van der Waals surface area contributed by atoms with Gasteiger partial charge in [0, 0.05) is 31.4 Å². The molecule has 1 aliphatic rings. The Labute approximate surface area is 155 Å². The molecule has 1 aliphatic heterocycles. The molecule has 0 saturated carbocycles. The molecule has 0 bridgehead atoms. The number of carboxylic acid groups (broad SMARTS) is 1. The third kappa shape index (κ3) is 5.38. The summed E-state index contributed by atoms with van der Waals surface area (Å²) in [6.45, 7) is 9.70. The molecule has 2 rings (SSSR count). The number of piperazine rings is 1. The number of unbranched alkanes of at least 4 members (excludes halogenated alkanes) is 1. The minimum Gasteiger partial charge on any atom is -0.478 e. The van der Waals surface area contributed by atoms with Crippen molar-refractivity contribution in [2.45, 2.75) is 58.6 Å². The van der Waals surface area contributed by atoms with E-state index >= 15 is 0 Å². The maximum absolute atomic E-state index is 12.4. The van der Waals surface area contributed by atoms with Gasteiger partial charge in [-0.15, -0.1) is 0 Å². The second kappa shape index (κ2) is 8.43. The monoisotopic (exact) mass is 362 g/mol. The van der Waals surface area contributed by atoms with E-state index in [1.807, 2.05) is 32.9 Å². The third-order valence-corrected chi connectivity index (χ3v) is 4.47. The summed E-state index contributed by atoms with van der Waals surface area (Å²) in [5.74, 6) is -0.922. The molecular weight excluding hydrogens is 332 g/mol. The summed E-state index contributed by atoms with van der Waals surface area (Å²) in [4.78, 5) is 27.5. The van der Waals surface area contributed by atoms with Crippen molar-refractivity contribution in [3.05, 3.63) is 29.8 Å². The molecular formula is C20H30N2O4. The van der Waals surface area contributed by atoms with Crippen LogP contribution >= 0.6 is 0 Å². The lowest BCUT2D eigenvalue weighted by Gasteiger charge is -2.43. The van der Waals surface area contributed by atoms with Crippen LogP contribution in [-0.2, 0) is 4.74 Å². The number of hydrogen-bond acceptors (Lipinski definition) is 4. The van der Waals surface area contributed by atoms with Gasteiger partial charge in [0.05, 0.1) is 5.56 Å². The molecule has 1 N–H and O–H groups in total. The Balaban J connectivity index is 2.12. The van der Waals surface area contributed by atoms with Crippen molar-refractivity contribution in [2.75, 3.05) is 24.5 Å². The molecule has 1 fully saturated rings. The van der Waals surface area contributed by atoms with Crippen LogP contribution in [0.15, 0.2) is 24.3 Å². The summed E-state index contributed by atoms with van der Waals surface area (Å²) >= 11 is 0. The zero-order chi connectivity index (χ0) is 19.3. The first kappa shape index (κ1) is 20.1. The van der Waals surface area contributed by atoms with Gasteiger partial charge >= 0.3 is 12.1 Å². The lowest BCUT2D eigenvalue weighted by molar-refractivity contribution is 0.0211. The number of carbonyl (C=O) groups is 2. The quantitative estimate of drug-likeness (QED) is 0.857. The van der Waals surface area contributed by atoms with Crippen molar-refractivity contribution in [2.24, 2.45) is 0 Å². The molecule has 26 heavy (non-hydrogen) atoms. The van der Waals surface area contributed by atoms with Gasteiger partial charge < -0.3 is 19.6 Å². The average molecular weight is 362 g/mol. The standard InChI is InChI=1S/C20H30N2O4/c1-5-6-7-17-14-21(19(25)26-20(2,3)4)12-13-22(17)16-10-8-15(9-11-16)18(23)24/h8-11,17H,5-7,12-14H2,1-4H3,(H,23,24). The highest BCUT2D eigenvalue weighted by Crippen LogP contribution is 2.25. The van der Waals surface area contributed by atoms with Crippen LogP contribution in [0, 0.1) is 0 Å². The van der Waals surface area contributed by atoms with E-state index in [0.717, 1.165) is 24.9 Å². The number of rotatable bonds is 5. The summed E-state index contributed by atoms with van der Waals surface area (Å²) in [6.07, 6.45) is 2.89. The Morgan fingerprint density at radius 1 is 1.19 bits per heavy atom. The molecule has 0 aliphatic carbocycles. The van der Waals surface area contributed by atoms with E-state index in [4.69, 9.17) is 9.84 Å². The lowest BCUT2D eigenvalue weighted by atomic mass is 10.0. The van der Waals surface area contributed by atoms with Crippen molar-refractivity contribution in [1.29, 1.82) is 0 Å². The number of hydrogen-bond donors (Lipinski definition) is 1. The fourth-order valence-corrected chi connectivity index (χ4v) is 3.17. The number of anilines is 1. The molecule has 0 radical (unpaired) electrons. The summed E-state index contributed by atoms with van der Waals surface area (Å²) < 4.78 is 5.52. The van der Waals surface area contributed by atoms with Crippen molar-refractivity contribution >= 4 is 17.7 Å². The maximum Gasteiger partial charge on any atom is 0.410 e. The number of amides is 1. The van der Waals surface area contributed by atoms with Gasteiger partial charge in [0.1, 0.15) is 5.60 Å². The van der Waals surface area contributed by atoms with Crippen molar-refractivity contribution in [1.82, 2.24) is 4.90 Å². The fraction of sp³-hybridized carbons (Fsp3) is 0.600. The highest BCUT2D eigenvalue weighted by molar-refractivity contribution is 5.88. The molecule has 1 unspecified atom stereocenters. The Hall–Kier alpha value is -2.24. The van der Waals surface area contributed by atoms with Gasteiger partial charge in [-0.1, -0.05) is 19.8 Å². The SMILES string of the molecule is CCCCC1CN(C(=O)OC(C)(C)C)CCN1c1ccc(C(=O)O)cc1. The van der Waals surface area contributed by atoms with Crippen molar-refractivity contribution in [3.63, 3.8) is 0 Å². The third-order valence-electron chi connectivity index (χ3n) is 4.47. The molecule has 1 amide bonds. The summed E-state index contributed by atoms with van der Waals surface area (Å²) in [5.41, 5.74) is 0.783. The average Bonchev–Trinajstić information content (AvgIpc) is 2.58. The van der Waals surface area contributed by atoms with Crippen LogP contribution in [0.5, 0.6) is 0 Å². The van der Waals surface area contributed by atoms with Crippen LogP contribution in [-0.4, -0.2) is 53.3 Å².